The third-order valence-electron chi connectivity index (χ3n) is 5.28. The van der Waals surface area contributed by atoms with Gasteiger partial charge in [0.1, 0.15) is 18.4 Å². The molecule has 2 fully saturated rings. The molecule has 0 unspecified atom stereocenters. The molecule has 128 valence electrons. The second-order valence-electron chi connectivity index (χ2n) is 7.05. The van der Waals surface area contributed by atoms with Gasteiger partial charge >= 0.3 is 0 Å². The van der Waals surface area contributed by atoms with Crippen LogP contribution in [0.3, 0.4) is 0 Å². The molecule has 5 heteroatoms. The van der Waals surface area contributed by atoms with Crippen LogP contribution in [0, 0.1) is 0 Å². The standard InChI is InChI=1S/C19H26N4O/c1-2-6-18(5-1)24-19-7-3-4-16(12-19)13-22-10-8-17(9-11-22)23-15-20-14-21-23/h3-4,7,12,14-15,17-18H,1-2,5-6,8-11,13H2. The molecule has 1 aromatic carbocycles. The highest BCUT2D eigenvalue weighted by atomic mass is 16.5. The lowest BCUT2D eigenvalue weighted by Crippen LogP contribution is -2.34. The lowest BCUT2D eigenvalue weighted by atomic mass is 10.0. The molecule has 0 N–H and O–H groups in total. The van der Waals surface area contributed by atoms with E-state index in [0.29, 0.717) is 12.1 Å². The third-order valence-corrected chi connectivity index (χ3v) is 5.28. The number of rotatable bonds is 5. The van der Waals surface area contributed by atoms with E-state index in [0.717, 1.165) is 38.2 Å². The number of piperidine rings is 1. The number of nitrogens with zero attached hydrogens (tertiary/aromatic N) is 4. The fourth-order valence-electron chi connectivity index (χ4n) is 3.92. The number of hydrogen-bond donors (Lipinski definition) is 0. The number of likely N-dealkylation sites (tertiary alicyclic amines) is 1. The van der Waals surface area contributed by atoms with Crippen molar-refractivity contribution >= 4 is 0 Å². The van der Waals surface area contributed by atoms with Crippen LogP contribution in [0.4, 0.5) is 0 Å². The zero-order valence-corrected chi connectivity index (χ0v) is 14.2. The Labute approximate surface area is 143 Å². The molecular formula is C19H26N4O. The molecule has 24 heavy (non-hydrogen) atoms. The third kappa shape index (κ3) is 3.78. The van der Waals surface area contributed by atoms with Crippen LogP contribution < -0.4 is 4.74 Å². The van der Waals surface area contributed by atoms with E-state index in [9.17, 15) is 0 Å². The smallest absolute Gasteiger partial charge is 0.137 e. The van der Waals surface area contributed by atoms with Gasteiger partial charge in [0.2, 0.25) is 0 Å². The lowest BCUT2D eigenvalue weighted by molar-refractivity contribution is 0.172. The van der Waals surface area contributed by atoms with Gasteiger partial charge in [-0.15, -0.1) is 0 Å². The van der Waals surface area contributed by atoms with Crippen LogP contribution >= 0.6 is 0 Å². The van der Waals surface area contributed by atoms with Crippen LogP contribution in [0.2, 0.25) is 0 Å². The van der Waals surface area contributed by atoms with Crippen molar-refractivity contribution in [1.29, 1.82) is 0 Å². The van der Waals surface area contributed by atoms with Crippen LogP contribution in [-0.4, -0.2) is 38.9 Å². The van der Waals surface area contributed by atoms with Crippen molar-refractivity contribution in [3.05, 3.63) is 42.5 Å². The number of benzene rings is 1. The van der Waals surface area contributed by atoms with Gasteiger partial charge in [0.15, 0.2) is 0 Å². The van der Waals surface area contributed by atoms with Crippen LogP contribution in [0.5, 0.6) is 5.75 Å². The molecule has 1 aromatic heterocycles. The van der Waals surface area contributed by atoms with Crippen LogP contribution in [0.25, 0.3) is 0 Å². The molecule has 2 heterocycles. The molecule has 0 radical (unpaired) electrons. The molecule has 2 aromatic rings. The first kappa shape index (κ1) is 15.6. The first-order valence-corrected chi connectivity index (χ1v) is 9.19. The molecule has 1 saturated heterocycles. The summed E-state index contributed by atoms with van der Waals surface area (Å²) in [5.41, 5.74) is 1.35. The van der Waals surface area contributed by atoms with E-state index in [-0.39, 0.29) is 0 Å². The highest BCUT2D eigenvalue weighted by Crippen LogP contribution is 2.26. The Morgan fingerprint density at radius 3 is 2.67 bits per heavy atom. The van der Waals surface area contributed by atoms with E-state index in [4.69, 9.17) is 4.74 Å². The van der Waals surface area contributed by atoms with Crippen LogP contribution in [0.15, 0.2) is 36.9 Å². The van der Waals surface area contributed by atoms with E-state index in [2.05, 4.69) is 39.2 Å². The molecule has 1 aliphatic heterocycles. The summed E-state index contributed by atoms with van der Waals surface area (Å²) in [6, 6.07) is 9.16. The van der Waals surface area contributed by atoms with Gasteiger partial charge in [-0.2, -0.15) is 5.10 Å². The minimum atomic E-state index is 0.429. The average molecular weight is 326 g/mol. The Kier molecular flexibility index (Phi) is 4.78. The highest BCUT2D eigenvalue weighted by Gasteiger charge is 2.21. The maximum absolute atomic E-state index is 6.13. The Morgan fingerprint density at radius 2 is 1.92 bits per heavy atom. The van der Waals surface area contributed by atoms with Crippen molar-refractivity contribution in [3.8, 4) is 5.75 Å². The van der Waals surface area contributed by atoms with Crippen molar-refractivity contribution < 1.29 is 4.74 Å². The molecule has 0 bridgehead atoms. The molecular weight excluding hydrogens is 300 g/mol. The van der Waals surface area contributed by atoms with Crippen molar-refractivity contribution in [3.63, 3.8) is 0 Å². The molecule has 4 rings (SSSR count). The molecule has 1 aliphatic carbocycles. The monoisotopic (exact) mass is 326 g/mol. The molecule has 0 atom stereocenters. The molecule has 0 amide bonds. The fraction of sp³-hybridized carbons (Fsp3) is 0.579. The van der Waals surface area contributed by atoms with Gasteiger partial charge in [0, 0.05) is 19.6 Å². The predicted molar refractivity (Wildman–Crippen MR) is 92.9 cm³/mol. The second-order valence-corrected chi connectivity index (χ2v) is 7.05. The van der Waals surface area contributed by atoms with Gasteiger partial charge in [-0.05, 0) is 56.2 Å². The summed E-state index contributed by atoms with van der Waals surface area (Å²) in [4.78, 5) is 6.59. The Bertz CT molecular complexity index is 629. The molecule has 0 spiro atoms. The number of aromatic nitrogens is 3. The van der Waals surface area contributed by atoms with Crippen molar-refractivity contribution in [2.24, 2.45) is 0 Å². The fourth-order valence-corrected chi connectivity index (χ4v) is 3.92. The summed E-state index contributed by atoms with van der Waals surface area (Å²) in [7, 11) is 0. The van der Waals surface area contributed by atoms with Crippen molar-refractivity contribution in [2.45, 2.75) is 57.2 Å². The SMILES string of the molecule is c1cc(CN2CCC(n3cncn3)CC2)cc(OC2CCCC2)c1. The number of ether oxygens (including phenoxy) is 1. The largest absolute Gasteiger partial charge is 0.490 e. The van der Waals surface area contributed by atoms with Crippen molar-refractivity contribution in [1.82, 2.24) is 19.7 Å². The van der Waals surface area contributed by atoms with E-state index in [1.807, 2.05) is 11.0 Å². The predicted octanol–water partition coefficient (Wildman–Crippen LogP) is 3.44. The minimum Gasteiger partial charge on any atom is -0.490 e. The first-order chi connectivity index (χ1) is 11.9. The van der Waals surface area contributed by atoms with Gasteiger partial charge in [-0.3, -0.25) is 4.90 Å². The van der Waals surface area contributed by atoms with Gasteiger partial charge in [0.05, 0.1) is 12.1 Å². The van der Waals surface area contributed by atoms with Gasteiger partial charge < -0.3 is 4.74 Å². The first-order valence-electron chi connectivity index (χ1n) is 9.19. The summed E-state index contributed by atoms with van der Waals surface area (Å²) in [6.45, 7) is 3.22. The lowest BCUT2D eigenvalue weighted by Gasteiger charge is -2.31. The maximum atomic E-state index is 6.13. The van der Waals surface area contributed by atoms with Crippen molar-refractivity contribution in [2.75, 3.05) is 13.1 Å². The minimum absolute atomic E-state index is 0.429. The van der Waals surface area contributed by atoms with Crippen LogP contribution in [-0.2, 0) is 6.54 Å². The van der Waals surface area contributed by atoms with E-state index < -0.39 is 0 Å². The highest BCUT2D eigenvalue weighted by molar-refractivity contribution is 5.28. The quantitative estimate of drug-likeness (QED) is 0.844. The van der Waals surface area contributed by atoms with E-state index in [1.165, 1.54) is 31.2 Å². The normalized spacial score (nSPS) is 20.5. The van der Waals surface area contributed by atoms with Gasteiger partial charge in [-0.25, -0.2) is 9.67 Å². The number of hydrogen-bond acceptors (Lipinski definition) is 4. The summed E-state index contributed by atoms with van der Waals surface area (Å²) in [5, 5.41) is 4.28. The average Bonchev–Trinajstić information content (AvgIpc) is 3.29. The Morgan fingerprint density at radius 1 is 1.08 bits per heavy atom. The molecule has 2 aliphatic rings. The molecule has 1 saturated carbocycles. The van der Waals surface area contributed by atoms with Gasteiger partial charge in [-0.1, -0.05) is 12.1 Å². The maximum Gasteiger partial charge on any atom is 0.137 e. The van der Waals surface area contributed by atoms with E-state index >= 15 is 0 Å². The van der Waals surface area contributed by atoms with Crippen LogP contribution in [0.1, 0.15) is 50.1 Å². The zero-order chi connectivity index (χ0) is 16.2. The topological polar surface area (TPSA) is 43.2 Å². The van der Waals surface area contributed by atoms with E-state index in [1.54, 1.807) is 6.33 Å². The Balaban J connectivity index is 1.31. The second kappa shape index (κ2) is 7.34. The summed E-state index contributed by atoms with van der Waals surface area (Å²) < 4.78 is 8.14. The molecule has 5 nitrogen and oxygen atoms in total. The van der Waals surface area contributed by atoms with Gasteiger partial charge in [0.25, 0.3) is 0 Å². The zero-order valence-electron chi connectivity index (χ0n) is 14.2. The Hall–Kier alpha value is -1.88. The summed E-state index contributed by atoms with van der Waals surface area (Å²) in [6.07, 6.45) is 11.2. The summed E-state index contributed by atoms with van der Waals surface area (Å²) in [5.74, 6) is 1.04. The summed E-state index contributed by atoms with van der Waals surface area (Å²) >= 11 is 0.